The van der Waals surface area contributed by atoms with Gasteiger partial charge in [0.25, 0.3) is 5.91 Å². The average molecular weight is 479 g/mol. The van der Waals surface area contributed by atoms with Gasteiger partial charge in [-0.2, -0.15) is 0 Å². The maximum atomic E-state index is 13.6. The molecule has 6 rings (SSSR count). The minimum Gasteiger partial charge on any atom is -0.369 e. The number of aryl methyl sites for hydroxylation is 1. The van der Waals surface area contributed by atoms with Crippen molar-refractivity contribution in [2.75, 3.05) is 0 Å². The van der Waals surface area contributed by atoms with Crippen molar-refractivity contribution in [1.29, 1.82) is 0 Å². The zero-order valence-electron chi connectivity index (χ0n) is 19.3. The average Bonchev–Trinajstić information content (AvgIpc) is 3.22. The van der Waals surface area contributed by atoms with Gasteiger partial charge in [-0.05, 0) is 66.1 Å². The second-order valence-electron chi connectivity index (χ2n) is 9.38. The Kier molecular flexibility index (Phi) is 6.36. The van der Waals surface area contributed by atoms with Gasteiger partial charge in [-0.1, -0.05) is 36.4 Å². The molecule has 3 heterocycles. The number of nitrogens with one attached hydrogen (secondary N) is 1. The second-order valence-corrected chi connectivity index (χ2v) is 9.38. The minimum absolute atomic E-state index is 0.0527. The van der Waals surface area contributed by atoms with Crippen LogP contribution in [0.2, 0.25) is 0 Å². The number of guanidine groups is 1. The minimum atomic E-state index is -2.66. The lowest BCUT2D eigenvalue weighted by Gasteiger charge is -2.35. The third-order valence-electron chi connectivity index (χ3n) is 7.02. The lowest BCUT2D eigenvalue weighted by Crippen LogP contribution is -2.49. The number of carbonyl (C=O) groups is 2. The van der Waals surface area contributed by atoms with Crippen LogP contribution in [0.3, 0.4) is 0 Å². The Balaban J connectivity index is 1.56. The van der Waals surface area contributed by atoms with Gasteiger partial charge < -0.3 is 11.1 Å². The van der Waals surface area contributed by atoms with Crippen LogP contribution in [0.25, 0.3) is 6.08 Å². The number of rotatable bonds is 2. The molecule has 3 N–H and O–H groups in total. The van der Waals surface area contributed by atoms with E-state index in [1.807, 2.05) is 12.2 Å². The third-order valence-corrected chi connectivity index (χ3v) is 7.02. The van der Waals surface area contributed by atoms with E-state index in [9.17, 15) is 18.4 Å². The Hall–Kier alpha value is -3.55. The van der Waals surface area contributed by atoms with Crippen LogP contribution >= 0.6 is 0 Å². The highest BCUT2D eigenvalue weighted by molar-refractivity contribution is 5.99. The Bertz CT molecular complexity index is 1210. The first-order valence-electron chi connectivity index (χ1n) is 12.0. The number of aliphatic imine (C=N–C) groups is 1. The molecule has 0 saturated carbocycles. The first-order valence-corrected chi connectivity index (χ1v) is 12.0. The summed E-state index contributed by atoms with van der Waals surface area (Å²) >= 11 is 0. The number of nitrogens with two attached hydrogens (primary N) is 1. The molecule has 0 saturated heterocycles. The van der Waals surface area contributed by atoms with E-state index in [0.717, 1.165) is 24.0 Å². The van der Waals surface area contributed by atoms with E-state index in [0.29, 0.717) is 24.0 Å². The van der Waals surface area contributed by atoms with Gasteiger partial charge in [0.15, 0.2) is 5.96 Å². The number of carbonyl (C=O) groups excluding carboxylic acids is 2. The maximum absolute atomic E-state index is 13.6. The lowest BCUT2D eigenvalue weighted by atomic mass is 9.97. The summed E-state index contributed by atoms with van der Waals surface area (Å²) in [5, 5.41) is 3.11. The summed E-state index contributed by atoms with van der Waals surface area (Å²) in [6.45, 7) is 0. The fourth-order valence-corrected chi connectivity index (χ4v) is 5.29. The third kappa shape index (κ3) is 4.83. The molecule has 35 heavy (non-hydrogen) atoms. The van der Waals surface area contributed by atoms with Crippen LogP contribution in [0.1, 0.15) is 76.8 Å². The van der Waals surface area contributed by atoms with Gasteiger partial charge in [0.05, 0.1) is 18.1 Å². The number of alkyl halides is 2. The molecule has 6 bridgehead atoms. The number of amides is 2. The summed E-state index contributed by atoms with van der Waals surface area (Å²) in [6.07, 6.45) is 3.95. The maximum Gasteiger partial charge on any atom is 0.251 e. The SMILES string of the molecule is NC1=NC2CC/C=C\c3ccc4c(c3)C(CC4)NC(=O)c3cccc(c3)C(CC(F)F)N1C(=O)C2. The second kappa shape index (κ2) is 9.60. The normalized spacial score (nSPS) is 25.2. The Morgan fingerprint density at radius 2 is 2.00 bits per heavy atom. The van der Waals surface area contributed by atoms with Crippen LogP contribution in [0.4, 0.5) is 8.78 Å². The number of fused-ring (bicyclic) bond motifs is 4. The van der Waals surface area contributed by atoms with Crippen molar-refractivity contribution in [2.24, 2.45) is 10.7 Å². The van der Waals surface area contributed by atoms with E-state index in [-0.39, 0.29) is 36.3 Å². The molecule has 0 radical (unpaired) electrons. The summed E-state index contributed by atoms with van der Waals surface area (Å²) < 4.78 is 27.2. The zero-order valence-corrected chi connectivity index (χ0v) is 19.3. The fourth-order valence-electron chi connectivity index (χ4n) is 5.29. The van der Waals surface area contributed by atoms with Gasteiger partial charge in [0, 0.05) is 18.4 Å². The van der Waals surface area contributed by atoms with E-state index in [1.165, 1.54) is 10.5 Å². The van der Waals surface area contributed by atoms with Crippen LogP contribution in [-0.2, 0) is 11.2 Å². The van der Waals surface area contributed by atoms with Crippen molar-refractivity contribution >= 4 is 23.8 Å². The molecule has 2 aromatic carbocycles. The van der Waals surface area contributed by atoms with Gasteiger partial charge >= 0.3 is 0 Å². The lowest BCUT2D eigenvalue weighted by molar-refractivity contribution is -0.130. The van der Waals surface area contributed by atoms with Gasteiger partial charge in [-0.25, -0.2) is 13.8 Å². The Morgan fingerprint density at radius 3 is 2.80 bits per heavy atom. The van der Waals surface area contributed by atoms with Crippen molar-refractivity contribution in [1.82, 2.24) is 10.2 Å². The number of hydrogen-bond acceptors (Lipinski definition) is 4. The summed E-state index contributed by atoms with van der Waals surface area (Å²) in [4.78, 5) is 31.9. The number of halogens is 2. The molecule has 1 aliphatic carbocycles. The Labute approximate surface area is 202 Å². The van der Waals surface area contributed by atoms with Crippen molar-refractivity contribution in [3.63, 3.8) is 0 Å². The molecule has 182 valence electrons. The molecule has 3 atom stereocenters. The zero-order chi connectivity index (χ0) is 24.5. The van der Waals surface area contributed by atoms with Gasteiger partial charge in [-0.3, -0.25) is 14.5 Å². The van der Waals surface area contributed by atoms with Crippen molar-refractivity contribution in [2.45, 2.75) is 63.1 Å². The van der Waals surface area contributed by atoms with Crippen molar-refractivity contribution < 1.29 is 18.4 Å². The number of nitrogens with zero attached hydrogens (tertiary/aromatic N) is 2. The molecular weight excluding hydrogens is 450 g/mol. The summed E-state index contributed by atoms with van der Waals surface area (Å²) in [5.74, 6) is -0.670. The number of benzene rings is 2. The van der Waals surface area contributed by atoms with E-state index < -0.39 is 18.9 Å². The van der Waals surface area contributed by atoms with E-state index in [1.54, 1.807) is 24.3 Å². The molecular formula is C27H28F2N4O2. The molecule has 4 aliphatic rings. The first kappa shape index (κ1) is 23.2. The number of hydrogen-bond donors (Lipinski definition) is 2. The topological polar surface area (TPSA) is 87.8 Å². The quantitative estimate of drug-likeness (QED) is 0.665. The van der Waals surface area contributed by atoms with Crippen LogP contribution in [-0.4, -0.2) is 35.1 Å². The van der Waals surface area contributed by atoms with Crippen LogP contribution in [0.15, 0.2) is 53.5 Å². The molecule has 2 aromatic rings. The molecule has 6 nitrogen and oxygen atoms in total. The van der Waals surface area contributed by atoms with Crippen LogP contribution < -0.4 is 11.1 Å². The monoisotopic (exact) mass is 478 g/mol. The summed E-state index contributed by atoms with van der Waals surface area (Å²) in [7, 11) is 0. The predicted molar refractivity (Wildman–Crippen MR) is 130 cm³/mol. The highest BCUT2D eigenvalue weighted by Gasteiger charge is 2.35. The molecule has 0 spiro atoms. The van der Waals surface area contributed by atoms with E-state index >= 15 is 0 Å². The van der Waals surface area contributed by atoms with Crippen molar-refractivity contribution in [3.05, 3.63) is 76.4 Å². The van der Waals surface area contributed by atoms with Gasteiger partial charge in [0.2, 0.25) is 12.3 Å². The summed E-state index contributed by atoms with van der Waals surface area (Å²) in [5.41, 5.74) is 10.3. The van der Waals surface area contributed by atoms with Crippen LogP contribution in [0, 0.1) is 0 Å². The van der Waals surface area contributed by atoms with Gasteiger partial charge in [-0.15, -0.1) is 0 Å². The first-order chi connectivity index (χ1) is 16.9. The molecule has 2 amide bonds. The summed E-state index contributed by atoms with van der Waals surface area (Å²) in [6, 6.07) is 11.4. The van der Waals surface area contributed by atoms with Crippen molar-refractivity contribution in [3.8, 4) is 0 Å². The molecule has 3 unspecified atom stereocenters. The largest absolute Gasteiger partial charge is 0.369 e. The van der Waals surface area contributed by atoms with Gasteiger partial charge in [0.1, 0.15) is 0 Å². The number of allylic oxidation sites excluding steroid dienone is 1. The predicted octanol–water partition coefficient (Wildman–Crippen LogP) is 4.52. The smallest absolute Gasteiger partial charge is 0.251 e. The standard InChI is InChI=1S/C27H28F2N4O2/c28-24(29)15-23-18-5-3-6-19(13-18)26(35)32-22-11-10-17-9-8-16(12-21(17)22)4-1-2-7-20-14-25(34)33(23)27(30)31-20/h1,3-6,8-9,12-13,20,22-24H,2,7,10-11,14-15H2,(H2,30,31)(H,32,35)/b4-1-. The Morgan fingerprint density at radius 1 is 1.14 bits per heavy atom. The molecule has 0 fully saturated rings. The fraction of sp³-hybridized carbons (Fsp3) is 0.370. The molecule has 0 aromatic heterocycles. The molecule has 3 aliphatic heterocycles. The van der Waals surface area contributed by atoms with E-state index in [2.05, 4.69) is 28.5 Å². The van der Waals surface area contributed by atoms with Crippen LogP contribution in [0.5, 0.6) is 0 Å². The highest BCUT2D eigenvalue weighted by atomic mass is 19.3. The highest BCUT2D eigenvalue weighted by Crippen LogP contribution is 2.34. The van der Waals surface area contributed by atoms with E-state index in [4.69, 9.17) is 5.73 Å². The molecule has 8 heteroatoms.